The average Bonchev–Trinajstić information content (AvgIpc) is 2.69. The lowest BCUT2D eigenvalue weighted by atomic mass is 10.0. The summed E-state index contributed by atoms with van der Waals surface area (Å²) in [6, 6.07) is 14.5. The van der Waals surface area contributed by atoms with Gasteiger partial charge in [0.25, 0.3) is 0 Å². The molecule has 28 heavy (non-hydrogen) atoms. The van der Waals surface area contributed by atoms with E-state index in [1.165, 1.54) is 18.2 Å². The minimum Gasteiger partial charge on any atom is -0.378 e. The number of morpholine rings is 1. The highest BCUT2D eigenvalue weighted by atomic mass is 19.1. The third-order valence-corrected chi connectivity index (χ3v) is 4.61. The maximum absolute atomic E-state index is 13.3. The van der Waals surface area contributed by atoms with Crippen molar-refractivity contribution >= 4 is 17.5 Å². The van der Waals surface area contributed by atoms with E-state index < -0.39 is 11.9 Å². The van der Waals surface area contributed by atoms with Gasteiger partial charge in [-0.1, -0.05) is 36.4 Å². The van der Waals surface area contributed by atoms with Crippen LogP contribution in [0.2, 0.25) is 0 Å². The lowest BCUT2D eigenvalue weighted by Gasteiger charge is -2.34. The van der Waals surface area contributed by atoms with Crippen LogP contribution in [0.15, 0.2) is 54.6 Å². The molecule has 2 amide bonds. The average molecular weight is 385 g/mol. The minimum absolute atomic E-state index is 0.00778. The Morgan fingerprint density at radius 3 is 2.54 bits per heavy atom. The second-order valence-electron chi connectivity index (χ2n) is 6.72. The quantitative estimate of drug-likeness (QED) is 0.829. The van der Waals surface area contributed by atoms with E-state index in [2.05, 4.69) is 5.32 Å². The monoisotopic (exact) mass is 385 g/mol. The molecule has 0 bridgehead atoms. The van der Waals surface area contributed by atoms with Gasteiger partial charge in [0.15, 0.2) is 0 Å². The zero-order chi connectivity index (χ0) is 19.9. The third-order valence-electron chi connectivity index (χ3n) is 4.61. The summed E-state index contributed by atoms with van der Waals surface area (Å²) in [6.07, 6.45) is 0. The molecule has 0 unspecified atom stereocenters. The van der Waals surface area contributed by atoms with Crippen LogP contribution in [0, 0.1) is 5.82 Å². The van der Waals surface area contributed by atoms with Crippen LogP contribution in [0.4, 0.5) is 10.1 Å². The first-order valence-corrected chi connectivity index (χ1v) is 9.22. The third kappa shape index (κ3) is 5.15. The molecule has 2 aromatic carbocycles. The van der Waals surface area contributed by atoms with Crippen LogP contribution in [0.25, 0.3) is 0 Å². The van der Waals surface area contributed by atoms with Gasteiger partial charge in [-0.3, -0.25) is 14.5 Å². The molecule has 0 saturated carbocycles. The molecule has 1 atom stereocenters. The second kappa shape index (κ2) is 9.43. The Bertz CT molecular complexity index is 810. The van der Waals surface area contributed by atoms with E-state index in [0.717, 1.165) is 5.56 Å². The normalized spacial score (nSPS) is 15.3. The Kier molecular flexibility index (Phi) is 6.73. The Morgan fingerprint density at radius 1 is 1.14 bits per heavy atom. The van der Waals surface area contributed by atoms with Crippen LogP contribution in [0.3, 0.4) is 0 Å². The highest BCUT2D eigenvalue weighted by Crippen LogP contribution is 2.23. The summed E-state index contributed by atoms with van der Waals surface area (Å²) in [5.41, 5.74) is 1.20. The Hall–Kier alpha value is -2.77. The van der Waals surface area contributed by atoms with Gasteiger partial charge in [-0.15, -0.1) is 0 Å². The summed E-state index contributed by atoms with van der Waals surface area (Å²) >= 11 is 0. The molecule has 6 nitrogen and oxygen atoms in total. The van der Waals surface area contributed by atoms with Gasteiger partial charge < -0.3 is 15.0 Å². The van der Waals surface area contributed by atoms with Crippen molar-refractivity contribution in [3.8, 4) is 0 Å². The summed E-state index contributed by atoms with van der Waals surface area (Å²) < 4.78 is 18.7. The van der Waals surface area contributed by atoms with Crippen LogP contribution in [0.1, 0.15) is 11.6 Å². The smallest absolute Gasteiger partial charge is 0.244 e. The van der Waals surface area contributed by atoms with Crippen molar-refractivity contribution in [1.82, 2.24) is 9.80 Å². The van der Waals surface area contributed by atoms with E-state index >= 15 is 0 Å². The first-order valence-electron chi connectivity index (χ1n) is 9.22. The number of hydrogen-bond donors (Lipinski definition) is 1. The van der Waals surface area contributed by atoms with Gasteiger partial charge in [-0.25, -0.2) is 4.39 Å². The van der Waals surface area contributed by atoms with E-state index in [1.807, 2.05) is 30.3 Å². The number of amides is 2. The molecule has 0 aliphatic carbocycles. The molecule has 2 aromatic rings. The molecule has 0 aromatic heterocycles. The number of rotatable bonds is 6. The van der Waals surface area contributed by atoms with E-state index in [-0.39, 0.29) is 18.4 Å². The fraction of sp³-hybridized carbons (Fsp3) is 0.333. The van der Waals surface area contributed by atoms with E-state index in [9.17, 15) is 14.0 Å². The second-order valence-corrected chi connectivity index (χ2v) is 6.72. The van der Waals surface area contributed by atoms with Gasteiger partial charge >= 0.3 is 0 Å². The number of anilines is 1. The number of nitrogens with one attached hydrogen (secondary N) is 1. The van der Waals surface area contributed by atoms with Crippen LogP contribution < -0.4 is 5.32 Å². The molecule has 0 spiro atoms. The van der Waals surface area contributed by atoms with Gasteiger partial charge in [0.05, 0.1) is 19.8 Å². The summed E-state index contributed by atoms with van der Waals surface area (Å²) in [6.45, 7) is 2.08. The van der Waals surface area contributed by atoms with Gasteiger partial charge in [0.2, 0.25) is 11.8 Å². The molecular weight excluding hydrogens is 361 g/mol. The number of hydrogen-bond acceptors (Lipinski definition) is 4. The van der Waals surface area contributed by atoms with Crippen molar-refractivity contribution in [2.45, 2.75) is 6.04 Å². The predicted octanol–water partition coefficient (Wildman–Crippen LogP) is 2.30. The van der Waals surface area contributed by atoms with Crippen LogP contribution in [0.5, 0.6) is 0 Å². The van der Waals surface area contributed by atoms with Crippen molar-refractivity contribution in [3.63, 3.8) is 0 Å². The van der Waals surface area contributed by atoms with Crippen LogP contribution in [-0.4, -0.2) is 61.5 Å². The van der Waals surface area contributed by atoms with Gasteiger partial charge in [0, 0.05) is 18.8 Å². The number of ether oxygens (including phenoxy) is 1. The van der Waals surface area contributed by atoms with E-state index in [1.54, 1.807) is 22.9 Å². The molecule has 1 saturated heterocycles. The highest BCUT2D eigenvalue weighted by molar-refractivity contribution is 5.93. The topological polar surface area (TPSA) is 61.9 Å². The van der Waals surface area contributed by atoms with E-state index in [4.69, 9.17) is 4.74 Å². The molecule has 7 heteroatoms. The summed E-state index contributed by atoms with van der Waals surface area (Å²) in [7, 11) is 1.74. The first kappa shape index (κ1) is 20.0. The maximum Gasteiger partial charge on any atom is 0.244 e. The molecular formula is C21H24FN3O3. The molecule has 1 aliphatic heterocycles. The van der Waals surface area contributed by atoms with Crippen molar-refractivity contribution in [2.75, 3.05) is 45.2 Å². The number of benzene rings is 2. The molecule has 1 heterocycles. The minimum atomic E-state index is -0.586. The predicted molar refractivity (Wildman–Crippen MR) is 104 cm³/mol. The molecule has 3 rings (SSSR count). The summed E-state index contributed by atoms with van der Waals surface area (Å²) in [5, 5.41) is 2.67. The molecule has 1 fully saturated rings. The molecule has 148 valence electrons. The Labute approximate surface area is 163 Å². The molecule has 1 N–H and O–H groups in total. The largest absolute Gasteiger partial charge is 0.378 e. The van der Waals surface area contributed by atoms with E-state index in [0.29, 0.717) is 32.0 Å². The first-order chi connectivity index (χ1) is 13.5. The van der Waals surface area contributed by atoms with Crippen molar-refractivity contribution < 1.29 is 18.7 Å². The summed E-state index contributed by atoms with van der Waals surface area (Å²) in [5.74, 6) is -0.796. The fourth-order valence-electron chi connectivity index (χ4n) is 3.26. The van der Waals surface area contributed by atoms with Crippen molar-refractivity contribution in [2.24, 2.45) is 0 Å². The zero-order valence-electron chi connectivity index (χ0n) is 15.8. The molecule has 1 aliphatic rings. The Balaban J connectivity index is 1.73. The number of carbonyl (C=O) groups is 2. The van der Waals surface area contributed by atoms with Crippen LogP contribution >= 0.6 is 0 Å². The lowest BCUT2D eigenvalue weighted by molar-refractivity contribution is -0.141. The van der Waals surface area contributed by atoms with Crippen LogP contribution in [-0.2, 0) is 14.3 Å². The lowest BCUT2D eigenvalue weighted by Crippen LogP contribution is -2.47. The SMILES string of the molecule is CN(CC(=O)Nc1cccc(F)c1)[C@@H](C(=O)N1CCOCC1)c1ccccc1. The zero-order valence-corrected chi connectivity index (χ0v) is 15.8. The number of carbonyl (C=O) groups excluding carboxylic acids is 2. The Morgan fingerprint density at radius 2 is 1.86 bits per heavy atom. The van der Waals surface area contributed by atoms with Gasteiger partial charge in [-0.05, 0) is 30.8 Å². The standard InChI is InChI=1S/C21H24FN3O3/c1-24(15-19(26)23-18-9-5-8-17(22)14-18)20(16-6-3-2-4-7-16)21(27)25-10-12-28-13-11-25/h2-9,14,20H,10-13,15H2,1H3,(H,23,26)/t20-/m1/s1. The van der Waals surface area contributed by atoms with Crippen molar-refractivity contribution in [3.05, 3.63) is 66.0 Å². The molecule has 0 radical (unpaired) electrons. The maximum atomic E-state index is 13.3. The number of halogens is 1. The summed E-state index contributed by atoms with van der Waals surface area (Å²) in [4.78, 5) is 29.1. The highest BCUT2D eigenvalue weighted by Gasteiger charge is 2.31. The fourth-order valence-corrected chi connectivity index (χ4v) is 3.26. The number of likely N-dealkylation sites (N-methyl/N-ethyl adjacent to an activating group) is 1. The van der Waals surface area contributed by atoms with Gasteiger partial charge in [0.1, 0.15) is 11.9 Å². The van der Waals surface area contributed by atoms with Gasteiger partial charge in [-0.2, -0.15) is 0 Å². The number of nitrogens with zero attached hydrogens (tertiary/aromatic N) is 2. The van der Waals surface area contributed by atoms with Crippen molar-refractivity contribution in [1.29, 1.82) is 0 Å².